The zero-order valence-corrected chi connectivity index (χ0v) is 11.7. The Morgan fingerprint density at radius 3 is 3.05 bits per heavy atom. The van der Waals surface area contributed by atoms with Crippen LogP contribution in [0.5, 0.6) is 0 Å². The molecule has 0 amide bonds. The van der Waals surface area contributed by atoms with Gasteiger partial charge >= 0.3 is 0 Å². The number of hydrogen-bond acceptors (Lipinski definition) is 5. The monoisotopic (exact) mass is 284 g/mol. The van der Waals surface area contributed by atoms with Gasteiger partial charge in [0.1, 0.15) is 5.01 Å². The topological polar surface area (TPSA) is 60.2 Å². The molecule has 0 fully saturated rings. The lowest BCUT2D eigenvalue weighted by Crippen LogP contribution is -2.14. The Kier molecular flexibility index (Phi) is 3.39. The van der Waals surface area contributed by atoms with Gasteiger partial charge in [-0.25, -0.2) is 4.98 Å². The van der Waals surface area contributed by atoms with E-state index in [0.717, 1.165) is 17.0 Å². The predicted molar refractivity (Wildman–Crippen MR) is 79.7 cm³/mol. The fraction of sp³-hybridized carbons (Fsp3) is 0.143. The first-order valence-electron chi connectivity index (χ1n) is 6.24. The lowest BCUT2D eigenvalue weighted by Gasteiger charge is -1.94. The molecule has 20 heavy (non-hydrogen) atoms. The fourth-order valence-electron chi connectivity index (χ4n) is 1.75. The Morgan fingerprint density at radius 2 is 2.30 bits per heavy atom. The van der Waals surface area contributed by atoms with Crippen molar-refractivity contribution in [1.29, 1.82) is 0 Å². The molecule has 0 atom stereocenters. The summed E-state index contributed by atoms with van der Waals surface area (Å²) in [5.74, 6) is 0. The number of aromatic nitrogens is 4. The molecule has 0 saturated carbocycles. The van der Waals surface area contributed by atoms with Gasteiger partial charge < -0.3 is 0 Å². The maximum Gasteiger partial charge on any atom is 0.275 e. The summed E-state index contributed by atoms with van der Waals surface area (Å²) in [6, 6.07) is 5.29. The predicted octanol–water partition coefficient (Wildman–Crippen LogP) is 2.28. The second-order valence-corrected chi connectivity index (χ2v) is 5.22. The van der Waals surface area contributed by atoms with Crippen molar-refractivity contribution in [2.75, 3.05) is 0 Å². The SMILES string of the molecule is CCc1nn2c(=O)cc(C=Cc3cccnc3)nc2s1. The van der Waals surface area contributed by atoms with Crippen molar-refractivity contribution in [2.45, 2.75) is 13.3 Å². The number of rotatable bonds is 3. The summed E-state index contributed by atoms with van der Waals surface area (Å²) >= 11 is 1.44. The van der Waals surface area contributed by atoms with E-state index in [2.05, 4.69) is 15.1 Å². The van der Waals surface area contributed by atoms with Crippen LogP contribution in [0.2, 0.25) is 0 Å². The van der Waals surface area contributed by atoms with E-state index >= 15 is 0 Å². The standard InChI is InChI=1S/C14H12N4OS/c1-2-12-17-18-13(19)8-11(16-14(18)20-12)6-5-10-4-3-7-15-9-10/h3-9H,2H2,1H3. The quantitative estimate of drug-likeness (QED) is 0.740. The summed E-state index contributed by atoms with van der Waals surface area (Å²) in [5.41, 5.74) is 1.44. The first-order valence-corrected chi connectivity index (χ1v) is 7.06. The van der Waals surface area contributed by atoms with E-state index in [1.54, 1.807) is 12.4 Å². The summed E-state index contributed by atoms with van der Waals surface area (Å²) in [6.07, 6.45) is 7.96. The highest BCUT2D eigenvalue weighted by Gasteiger charge is 2.06. The molecule has 0 aliphatic rings. The Labute approximate surface area is 119 Å². The molecule has 0 saturated heterocycles. The second kappa shape index (κ2) is 5.34. The van der Waals surface area contributed by atoms with Crippen LogP contribution >= 0.6 is 11.3 Å². The zero-order valence-electron chi connectivity index (χ0n) is 10.9. The highest BCUT2D eigenvalue weighted by molar-refractivity contribution is 7.16. The Balaban J connectivity index is 2.00. The number of hydrogen-bond donors (Lipinski definition) is 0. The number of nitrogens with zero attached hydrogens (tertiary/aromatic N) is 4. The summed E-state index contributed by atoms with van der Waals surface area (Å²) in [5, 5.41) is 5.12. The third kappa shape index (κ3) is 2.50. The Hall–Kier alpha value is -2.34. The van der Waals surface area contributed by atoms with E-state index in [1.807, 2.05) is 31.2 Å². The van der Waals surface area contributed by atoms with Crippen molar-refractivity contribution in [3.05, 3.63) is 57.2 Å². The lowest BCUT2D eigenvalue weighted by molar-refractivity contribution is 0.858. The molecule has 6 heteroatoms. The highest BCUT2D eigenvalue weighted by atomic mass is 32.1. The molecule has 0 unspecified atom stereocenters. The van der Waals surface area contributed by atoms with Crippen LogP contribution in [-0.4, -0.2) is 19.6 Å². The molecule has 3 rings (SSSR count). The van der Waals surface area contributed by atoms with Gasteiger partial charge in [-0.15, -0.1) is 0 Å². The molecule has 0 aliphatic heterocycles. The summed E-state index contributed by atoms with van der Waals surface area (Å²) in [7, 11) is 0. The van der Waals surface area contributed by atoms with Crippen molar-refractivity contribution in [3.8, 4) is 0 Å². The Morgan fingerprint density at radius 1 is 1.40 bits per heavy atom. The number of aryl methyl sites for hydroxylation is 1. The minimum atomic E-state index is -0.156. The van der Waals surface area contributed by atoms with Gasteiger partial charge in [-0.3, -0.25) is 9.78 Å². The van der Waals surface area contributed by atoms with E-state index in [4.69, 9.17) is 0 Å². The van der Waals surface area contributed by atoms with Gasteiger partial charge in [0.15, 0.2) is 0 Å². The van der Waals surface area contributed by atoms with Gasteiger partial charge in [-0.05, 0) is 24.1 Å². The van der Waals surface area contributed by atoms with Crippen LogP contribution in [0.3, 0.4) is 0 Å². The third-order valence-electron chi connectivity index (χ3n) is 2.74. The molecule has 0 aromatic carbocycles. The lowest BCUT2D eigenvalue weighted by atomic mass is 10.2. The largest absolute Gasteiger partial charge is 0.275 e. The van der Waals surface area contributed by atoms with E-state index < -0.39 is 0 Å². The van der Waals surface area contributed by atoms with Crippen LogP contribution in [-0.2, 0) is 6.42 Å². The van der Waals surface area contributed by atoms with Gasteiger partial charge in [0, 0.05) is 18.5 Å². The van der Waals surface area contributed by atoms with Crippen molar-refractivity contribution < 1.29 is 0 Å². The minimum Gasteiger partial charge on any atom is -0.267 e. The molecule has 0 radical (unpaired) electrons. The molecule has 0 bridgehead atoms. The molecule has 3 aromatic heterocycles. The van der Waals surface area contributed by atoms with Gasteiger partial charge in [0.05, 0.1) is 5.69 Å². The van der Waals surface area contributed by atoms with Gasteiger partial charge in [-0.1, -0.05) is 30.4 Å². The van der Waals surface area contributed by atoms with E-state index in [0.29, 0.717) is 10.7 Å². The molecule has 5 nitrogen and oxygen atoms in total. The highest BCUT2D eigenvalue weighted by Crippen LogP contribution is 2.12. The molecule has 100 valence electrons. The van der Waals surface area contributed by atoms with Crippen LogP contribution in [0.15, 0.2) is 35.4 Å². The van der Waals surface area contributed by atoms with Crippen LogP contribution in [0.25, 0.3) is 17.1 Å². The Bertz CT molecular complexity index is 820. The van der Waals surface area contributed by atoms with Crippen molar-refractivity contribution in [1.82, 2.24) is 19.6 Å². The number of pyridine rings is 1. The van der Waals surface area contributed by atoms with Crippen molar-refractivity contribution in [2.24, 2.45) is 0 Å². The molecule has 0 aliphatic carbocycles. The van der Waals surface area contributed by atoms with Crippen molar-refractivity contribution >= 4 is 28.4 Å². The molecular formula is C14H12N4OS. The van der Waals surface area contributed by atoms with Crippen LogP contribution in [0, 0.1) is 0 Å². The van der Waals surface area contributed by atoms with Gasteiger partial charge in [0.25, 0.3) is 5.56 Å². The molecule has 3 heterocycles. The average molecular weight is 284 g/mol. The summed E-state index contributed by atoms with van der Waals surface area (Å²) < 4.78 is 1.35. The molecular weight excluding hydrogens is 272 g/mol. The minimum absolute atomic E-state index is 0.156. The van der Waals surface area contributed by atoms with Crippen LogP contribution in [0.4, 0.5) is 0 Å². The zero-order chi connectivity index (χ0) is 13.9. The second-order valence-electron chi connectivity index (χ2n) is 4.18. The summed E-state index contributed by atoms with van der Waals surface area (Å²) in [4.78, 5) is 21.1. The normalized spacial score (nSPS) is 11.4. The van der Waals surface area contributed by atoms with E-state index in [-0.39, 0.29) is 5.56 Å². The van der Waals surface area contributed by atoms with Crippen LogP contribution in [0.1, 0.15) is 23.2 Å². The molecule has 3 aromatic rings. The van der Waals surface area contributed by atoms with E-state index in [9.17, 15) is 4.79 Å². The first kappa shape index (κ1) is 12.7. The van der Waals surface area contributed by atoms with E-state index in [1.165, 1.54) is 21.9 Å². The third-order valence-corrected chi connectivity index (χ3v) is 3.79. The maximum absolute atomic E-state index is 12.0. The molecule has 0 spiro atoms. The average Bonchev–Trinajstić information content (AvgIpc) is 2.90. The fourth-order valence-corrected chi connectivity index (χ4v) is 2.60. The first-order chi connectivity index (χ1) is 9.76. The summed E-state index contributed by atoms with van der Waals surface area (Å²) in [6.45, 7) is 2.01. The molecule has 0 N–H and O–H groups in total. The smallest absolute Gasteiger partial charge is 0.267 e. The van der Waals surface area contributed by atoms with Gasteiger partial charge in [-0.2, -0.15) is 9.61 Å². The van der Waals surface area contributed by atoms with Crippen LogP contribution < -0.4 is 5.56 Å². The van der Waals surface area contributed by atoms with Crippen molar-refractivity contribution in [3.63, 3.8) is 0 Å². The van der Waals surface area contributed by atoms with Gasteiger partial charge in [0.2, 0.25) is 4.96 Å². The maximum atomic E-state index is 12.0. The number of fused-ring (bicyclic) bond motifs is 1.